The molecule has 0 fully saturated rings. The third kappa shape index (κ3) is 5.78. The van der Waals surface area contributed by atoms with Crippen molar-refractivity contribution < 1.29 is 48.8 Å². The fraction of sp³-hybridized carbons (Fsp3) is 0.158. The van der Waals surface area contributed by atoms with E-state index in [1.165, 1.54) is 19.2 Å². The lowest BCUT2D eigenvalue weighted by Gasteiger charge is -2.15. The molecule has 5 N–H and O–H groups in total. The van der Waals surface area contributed by atoms with Crippen LogP contribution in [0.15, 0.2) is 61.3 Å². The standard InChI is InChI=1S/C19H19N3O11S3/c1-10-3-4-15(35(27,28)29)13(5-10)21-22-18-16(36(30,31)32)7-11-6-12(34(24,25)26)8-14(20-9-33-2)17(11)19(18)23/h3-8,20,23H,9H2,1-2H3,(H,24,25,26)(H,27,28,29)(H,30,31,32). The van der Waals surface area contributed by atoms with Crippen molar-refractivity contribution in [1.82, 2.24) is 0 Å². The Kier molecular flexibility index (Phi) is 7.38. The number of nitrogens with zero attached hydrogens (tertiary/aromatic N) is 2. The zero-order valence-corrected chi connectivity index (χ0v) is 20.9. The minimum atomic E-state index is -5.12. The van der Waals surface area contributed by atoms with E-state index in [4.69, 9.17) is 4.74 Å². The Bertz CT molecular complexity index is 1720. The average Bonchev–Trinajstić information content (AvgIpc) is 2.74. The first kappa shape index (κ1) is 27.4. The minimum absolute atomic E-state index is 0.132. The van der Waals surface area contributed by atoms with Crippen LogP contribution in [0, 0.1) is 6.92 Å². The number of phenols is 1. The first-order chi connectivity index (χ1) is 16.5. The number of anilines is 1. The zero-order chi connectivity index (χ0) is 27.1. The molecular formula is C19H19N3O11S3. The molecule has 0 aliphatic carbocycles. The monoisotopic (exact) mass is 561 g/mol. The maximum atomic E-state index is 12.1. The van der Waals surface area contributed by atoms with E-state index in [0.29, 0.717) is 5.56 Å². The van der Waals surface area contributed by atoms with E-state index in [1.807, 2.05) is 0 Å². The number of nitrogens with one attached hydrogen (secondary N) is 1. The largest absolute Gasteiger partial charge is 0.505 e. The van der Waals surface area contributed by atoms with Gasteiger partial charge < -0.3 is 15.2 Å². The van der Waals surface area contributed by atoms with E-state index in [2.05, 4.69) is 15.5 Å². The Morgan fingerprint density at radius 2 is 1.50 bits per heavy atom. The normalized spacial score (nSPS) is 12.9. The number of fused-ring (bicyclic) bond motifs is 1. The first-order valence-corrected chi connectivity index (χ1v) is 13.9. The Balaban J connectivity index is 2.41. The highest BCUT2D eigenvalue weighted by Gasteiger charge is 2.26. The van der Waals surface area contributed by atoms with E-state index < -0.39 is 62.2 Å². The molecular weight excluding hydrogens is 542 g/mol. The number of hydrogen-bond donors (Lipinski definition) is 5. The lowest BCUT2D eigenvalue weighted by Crippen LogP contribution is -2.07. The highest BCUT2D eigenvalue weighted by molar-refractivity contribution is 7.86. The first-order valence-electron chi connectivity index (χ1n) is 9.55. The van der Waals surface area contributed by atoms with E-state index in [1.54, 1.807) is 6.92 Å². The zero-order valence-electron chi connectivity index (χ0n) is 18.4. The van der Waals surface area contributed by atoms with Gasteiger partial charge in [-0.2, -0.15) is 25.3 Å². The van der Waals surface area contributed by atoms with Crippen LogP contribution < -0.4 is 5.32 Å². The van der Waals surface area contributed by atoms with Gasteiger partial charge in [-0.1, -0.05) is 6.07 Å². The molecule has 3 rings (SSSR count). The van der Waals surface area contributed by atoms with Gasteiger partial charge in [0.1, 0.15) is 27.9 Å². The van der Waals surface area contributed by atoms with Crippen LogP contribution in [0.25, 0.3) is 10.8 Å². The van der Waals surface area contributed by atoms with Gasteiger partial charge in [-0.15, -0.1) is 10.2 Å². The SMILES string of the molecule is COCNc1cc(S(=O)(=O)O)cc2cc(S(=O)(=O)O)c(N=Nc3cc(C)ccc3S(=O)(=O)O)c(O)c12. The number of methoxy groups -OCH3 is 1. The third-order valence-corrected chi connectivity index (χ3v) is 7.36. The second-order valence-electron chi connectivity index (χ2n) is 7.35. The smallest absolute Gasteiger partial charge is 0.296 e. The minimum Gasteiger partial charge on any atom is -0.505 e. The lowest BCUT2D eigenvalue weighted by atomic mass is 10.1. The number of aromatic hydroxyl groups is 1. The highest BCUT2D eigenvalue weighted by Crippen LogP contribution is 2.45. The van der Waals surface area contributed by atoms with Crippen molar-refractivity contribution in [2.45, 2.75) is 21.6 Å². The molecule has 0 heterocycles. The number of azo groups is 1. The second-order valence-corrected chi connectivity index (χ2v) is 11.5. The topological polar surface area (TPSA) is 229 Å². The molecule has 14 nitrogen and oxygen atoms in total. The summed E-state index contributed by atoms with van der Waals surface area (Å²) in [5, 5.41) is 20.4. The summed E-state index contributed by atoms with van der Waals surface area (Å²) >= 11 is 0. The van der Waals surface area contributed by atoms with Gasteiger partial charge in [0.25, 0.3) is 30.4 Å². The summed E-state index contributed by atoms with van der Waals surface area (Å²) in [6, 6.07) is 6.15. The quantitative estimate of drug-likeness (QED) is 0.152. The predicted octanol–water partition coefficient (Wildman–Crippen LogP) is 3.03. The van der Waals surface area contributed by atoms with Crippen LogP contribution in [-0.4, -0.2) is 57.9 Å². The van der Waals surface area contributed by atoms with Gasteiger partial charge >= 0.3 is 0 Å². The molecule has 194 valence electrons. The molecule has 3 aromatic rings. The van der Waals surface area contributed by atoms with Crippen molar-refractivity contribution in [2.24, 2.45) is 10.2 Å². The molecule has 36 heavy (non-hydrogen) atoms. The second kappa shape index (κ2) is 9.69. The van der Waals surface area contributed by atoms with Crippen LogP contribution in [-0.2, 0) is 35.1 Å². The molecule has 17 heteroatoms. The van der Waals surface area contributed by atoms with E-state index in [-0.39, 0.29) is 23.2 Å². The van der Waals surface area contributed by atoms with Crippen LogP contribution in [0.2, 0.25) is 0 Å². The van der Waals surface area contributed by atoms with Gasteiger partial charge in [0.15, 0.2) is 5.75 Å². The van der Waals surface area contributed by atoms with E-state index in [9.17, 15) is 44.0 Å². The van der Waals surface area contributed by atoms with E-state index >= 15 is 0 Å². The third-order valence-electron chi connectivity index (χ3n) is 4.76. The fourth-order valence-electron chi connectivity index (χ4n) is 3.22. The fourth-order valence-corrected chi connectivity index (χ4v) is 5.02. The van der Waals surface area contributed by atoms with Crippen LogP contribution in [0.5, 0.6) is 5.75 Å². The summed E-state index contributed by atoms with van der Waals surface area (Å²) in [4.78, 5) is -2.34. The molecule has 0 radical (unpaired) electrons. The van der Waals surface area contributed by atoms with Crippen molar-refractivity contribution in [1.29, 1.82) is 0 Å². The molecule has 0 unspecified atom stereocenters. The van der Waals surface area contributed by atoms with E-state index in [0.717, 1.165) is 24.3 Å². The summed E-state index contributed by atoms with van der Waals surface area (Å²) in [5.74, 6) is -0.898. The summed E-state index contributed by atoms with van der Waals surface area (Å²) in [6.07, 6.45) is 0. The van der Waals surface area contributed by atoms with Crippen LogP contribution in [0.4, 0.5) is 17.1 Å². The summed E-state index contributed by atoms with van der Waals surface area (Å²) in [5.41, 5.74) is -0.865. The average molecular weight is 562 g/mol. The molecule has 0 bridgehead atoms. The number of phenolic OH excluding ortho intramolecular Hbond substituents is 1. The molecule has 0 aromatic heterocycles. The van der Waals surface area contributed by atoms with Crippen molar-refractivity contribution in [3.8, 4) is 5.75 Å². The maximum Gasteiger partial charge on any atom is 0.296 e. The number of ether oxygens (including phenoxy) is 1. The van der Waals surface area contributed by atoms with Crippen molar-refractivity contribution in [2.75, 3.05) is 19.2 Å². The van der Waals surface area contributed by atoms with Crippen LogP contribution in [0.1, 0.15) is 5.56 Å². The summed E-state index contributed by atoms with van der Waals surface area (Å²) in [6.45, 7) is 1.37. The van der Waals surface area contributed by atoms with Crippen LogP contribution in [0.3, 0.4) is 0 Å². The van der Waals surface area contributed by atoms with Gasteiger partial charge in [0.2, 0.25) is 0 Å². The summed E-state index contributed by atoms with van der Waals surface area (Å²) in [7, 11) is -13.4. The Morgan fingerprint density at radius 1 is 0.861 bits per heavy atom. The lowest BCUT2D eigenvalue weighted by molar-refractivity contribution is 0.221. The highest BCUT2D eigenvalue weighted by atomic mass is 32.2. The predicted molar refractivity (Wildman–Crippen MR) is 126 cm³/mol. The molecule has 0 saturated carbocycles. The molecule has 0 atom stereocenters. The van der Waals surface area contributed by atoms with Gasteiger partial charge in [0.05, 0.1) is 4.90 Å². The summed E-state index contributed by atoms with van der Waals surface area (Å²) < 4.78 is 104. The Morgan fingerprint density at radius 3 is 2.06 bits per heavy atom. The van der Waals surface area contributed by atoms with Crippen molar-refractivity contribution >= 4 is 58.2 Å². The number of hydrogen-bond acceptors (Lipinski definition) is 11. The molecule has 0 spiro atoms. The van der Waals surface area contributed by atoms with Crippen molar-refractivity contribution in [3.05, 3.63) is 42.0 Å². The van der Waals surface area contributed by atoms with Crippen LogP contribution >= 0.6 is 0 Å². The molecule has 0 aliphatic heterocycles. The molecule has 0 aliphatic rings. The Hall–Kier alpha value is -3.19. The van der Waals surface area contributed by atoms with Gasteiger partial charge in [-0.3, -0.25) is 13.7 Å². The Labute approximate surface area is 205 Å². The van der Waals surface area contributed by atoms with Gasteiger partial charge in [0, 0.05) is 18.2 Å². The number of benzene rings is 3. The van der Waals surface area contributed by atoms with Gasteiger partial charge in [-0.25, -0.2) is 0 Å². The van der Waals surface area contributed by atoms with Crippen molar-refractivity contribution in [3.63, 3.8) is 0 Å². The molecule has 0 amide bonds. The number of rotatable bonds is 8. The maximum absolute atomic E-state index is 12.1. The molecule has 0 saturated heterocycles. The van der Waals surface area contributed by atoms with Gasteiger partial charge in [-0.05, 0) is 48.2 Å². The molecule has 3 aromatic carbocycles. The number of aryl methyl sites for hydroxylation is 1.